The van der Waals surface area contributed by atoms with Crippen LogP contribution in [0.5, 0.6) is 0 Å². The normalized spacial score (nSPS) is 20.8. The number of piperidine rings is 1. The first-order valence-corrected chi connectivity index (χ1v) is 11.5. The molecule has 1 amide bonds. The molecule has 3 heterocycles. The zero-order chi connectivity index (χ0) is 20.5. The lowest BCUT2D eigenvalue weighted by molar-refractivity contribution is 0.0536. The van der Waals surface area contributed by atoms with Gasteiger partial charge in [-0.25, -0.2) is 0 Å². The van der Waals surface area contributed by atoms with E-state index in [1.807, 2.05) is 11.0 Å². The first-order chi connectivity index (χ1) is 14.7. The van der Waals surface area contributed by atoms with Crippen molar-refractivity contribution >= 4 is 5.91 Å². The lowest BCUT2D eigenvalue weighted by Crippen LogP contribution is -2.44. The fraction of sp³-hybridized carbons (Fsp3) is 0.583. The van der Waals surface area contributed by atoms with Gasteiger partial charge in [-0.1, -0.05) is 36.8 Å². The van der Waals surface area contributed by atoms with E-state index in [-0.39, 0.29) is 12.0 Å². The monoisotopic (exact) mass is 408 g/mol. The van der Waals surface area contributed by atoms with Gasteiger partial charge in [-0.15, -0.1) is 0 Å². The Bertz CT molecular complexity index is 882. The van der Waals surface area contributed by atoms with E-state index >= 15 is 0 Å². The molecule has 1 aliphatic carbocycles. The van der Waals surface area contributed by atoms with Crippen molar-refractivity contribution in [2.45, 2.75) is 70.2 Å². The highest BCUT2D eigenvalue weighted by Gasteiger charge is 2.34. The Balaban J connectivity index is 1.40. The van der Waals surface area contributed by atoms with E-state index < -0.39 is 0 Å². The van der Waals surface area contributed by atoms with E-state index in [1.165, 1.54) is 30.5 Å². The summed E-state index contributed by atoms with van der Waals surface area (Å²) in [5, 5.41) is 14.7. The summed E-state index contributed by atoms with van der Waals surface area (Å²) in [6, 6.07) is 11.2. The number of hydrogen-bond donors (Lipinski definition) is 1. The first kappa shape index (κ1) is 19.8. The predicted molar refractivity (Wildman–Crippen MR) is 115 cm³/mol. The standard InChI is InChI=1S/C24H32N4O2/c29-20-10-13-26(14-11-20)24(30)23-21-17-27(19-7-4-8-19)15-12-22(21)28(25-23)16-9-18-5-2-1-3-6-18/h1-3,5-6,19-20,29H,4,7-17H2. The van der Waals surface area contributed by atoms with Crippen LogP contribution in [-0.2, 0) is 25.9 Å². The Morgan fingerprint density at radius 2 is 1.83 bits per heavy atom. The smallest absolute Gasteiger partial charge is 0.274 e. The number of carbonyl (C=O) groups excluding carboxylic acids is 1. The van der Waals surface area contributed by atoms with Crippen LogP contribution in [0.2, 0.25) is 0 Å². The van der Waals surface area contributed by atoms with E-state index in [0.29, 0.717) is 37.7 Å². The van der Waals surface area contributed by atoms with Gasteiger partial charge in [-0.05, 0) is 37.7 Å². The number of aliphatic hydroxyl groups excluding tert-OH is 1. The molecule has 1 N–H and O–H groups in total. The fourth-order valence-corrected chi connectivity index (χ4v) is 5.03. The quantitative estimate of drug-likeness (QED) is 0.826. The van der Waals surface area contributed by atoms with Crippen LogP contribution < -0.4 is 0 Å². The maximum atomic E-state index is 13.4. The summed E-state index contributed by atoms with van der Waals surface area (Å²) in [6.07, 6.45) is 6.83. The van der Waals surface area contributed by atoms with E-state index in [4.69, 9.17) is 5.10 Å². The highest BCUT2D eigenvalue weighted by Crippen LogP contribution is 2.32. The van der Waals surface area contributed by atoms with Gasteiger partial charge >= 0.3 is 0 Å². The van der Waals surface area contributed by atoms with Crippen molar-refractivity contribution in [2.75, 3.05) is 19.6 Å². The lowest BCUT2D eigenvalue weighted by atomic mass is 9.89. The minimum absolute atomic E-state index is 0.0482. The van der Waals surface area contributed by atoms with Crippen LogP contribution in [0.3, 0.4) is 0 Å². The molecule has 30 heavy (non-hydrogen) atoms. The van der Waals surface area contributed by atoms with E-state index in [2.05, 4.69) is 33.8 Å². The molecule has 0 unspecified atom stereocenters. The Morgan fingerprint density at radius 1 is 1.07 bits per heavy atom. The van der Waals surface area contributed by atoms with Crippen LogP contribution in [0.15, 0.2) is 30.3 Å². The van der Waals surface area contributed by atoms with Gasteiger partial charge in [0, 0.05) is 56.4 Å². The molecule has 1 saturated heterocycles. The second kappa shape index (κ2) is 8.52. The Morgan fingerprint density at radius 3 is 2.53 bits per heavy atom. The molecule has 160 valence electrons. The number of hydrogen-bond acceptors (Lipinski definition) is 4. The minimum Gasteiger partial charge on any atom is -0.393 e. The van der Waals surface area contributed by atoms with Crippen molar-refractivity contribution < 1.29 is 9.90 Å². The van der Waals surface area contributed by atoms with Gasteiger partial charge in [-0.3, -0.25) is 14.4 Å². The third-order valence-electron chi connectivity index (χ3n) is 7.16. The highest BCUT2D eigenvalue weighted by molar-refractivity contribution is 5.94. The second-order valence-electron chi connectivity index (χ2n) is 9.06. The largest absolute Gasteiger partial charge is 0.393 e. The van der Waals surface area contributed by atoms with E-state index in [1.54, 1.807) is 0 Å². The summed E-state index contributed by atoms with van der Waals surface area (Å²) in [7, 11) is 0. The maximum Gasteiger partial charge on any atom is 0.274 e. The van der Waals surface area contributed by atoms with Crippen LogP contribution >= 0.6 is 0 Å². The molecule has 3 aliphatic rings. The molecule has 2 aliphatic heterocycles. The number of amides is 1. The molecular formula is C24H32N4O2. The molecule has 0 atom stereocenters. The highest BCUT2D eigenvalue weighted by atomic mass is 16.3. The van der Waals surface area contributed by atoms with Crippen LogP contribution in [-0.4, -0.2) is 62.4 Å². The van der Waals surface area contributed by atoms with E-state index in [0.717, 1.165) is 38.0 Å². The molecule has 6 heteroatoms. The molecule has 2 aromatic rings. The number of rotatable bonds is 5. The fourth-order valence-electron chi connectivity index (χ4n) is 5.03. The zero-order valence-corrected chi connectivity index (χ0v) is 17.7. The van der Waals surface area contributed by atoms with Gasteiger partial charge in [0.1, 0.15) is 0 Å². The van der Waals surface area contributed by atoms with Crippen molar-refractivity contribution in [1.29, 1.82) is 0 Å². The number of aromatic nitrogens is 2. The summed E-state index contributed by atoms with van der Waals surface area (Å²) < 4.78 is 2.10. The number of aliphatic hydroxyl groups is 1. The summed E-state index contributed by atoms with van der Waals surface area (Å²) >= 11 is 0. The number of benzene rings is 1. The summed E-state index contributed by atoms with van der Waals surface area (Å²) in [5.74, 6) is 0.0482. The average molecular weight is 409 g/mol. The van der Waals surface area contributed by atoms with Gasteiger partial charge < -0.3 is 10.0 Å². The van der Waals surface area contributed by atoms with Crippen molar-refractivity contribution in [3.05, 3.63) is 52.8 Å². The van der Waals surface area contributed by atoms with Crippen molar-refractivity contribution in [3.8, 4) is 0 Å². The molecule has 6 nitrogen and oxygen atoms in total. The van der Waals surface area contributed by atoms with Crippen LogP contribution in [0.4, 0.5) is 0 Å². The van der Waals surface area contributed by atoms with Crippen LogP contribution in [0, 0.1) is 0 Å². The molecule has 0 spiro atoms. The van der Waals surface area contributed by atoms with Gasteiger partial charge in [0.2, 0.25) is 0 Å². The average Bonchev–Trinajstić information content (AvgIpc) is 3.10. The van der Waals surface area contributed by atoms with Crippen LogP contribution in [0.25, 0.3) is 0 Å². The SMILES string of the molecule is O=C(c1nn(CCc2ccccc2)c2c1CN(C1CCC1)CC2)N1CCC(O)CC1. The summed E-state index contributed by atoms with van der Waals surface area (Å²) in [4.78, 5) is 17.8. The Labute approximate surface area is 178 Å². The number of likely N-dealkylation sites (tertiary alicyclic amines) is 1. The molecule has 1 aromatic carbocycles. The van der Waals surface area contributed by atoms with Crippen molar-refractivity contribution in [1.82, 2.24) is 19.6 Å². The van der Waals surface area contributed by atoms with Crippen LogP contribution in [0.1, 0.15) is 59.4 Å². The first-order valence-electron chi connectivity index (χ1n) is 11.5. The third kappa shape index (κ3) is 3.91. The predicted octanol–water partition coefficient (Wildman–Crippen LogP) is 2.63. The van der Waals surface area contributed by atoms with E-state index in [9.17, 15) is 9.90 Å². The minimum atomic E-state index is -0.277. The van der Waals surface area contributed by atoms with Gasteiger partial charge in [0.05, 0.1) is 6.10 Å². The third-order valence-corrected chi connectivity index (χ3v) is 7.16. The topological polar surface area (TPSA) is 61.6 Å². The van der Waals surface area contributed by atoms with Gasteiger partial charge in [-0.2, -0.15) is 5.10 Å². The molecule has 0 bridgehead atoms. The number of nitrogens with zero attached hydrogens (tertiary/aromatic N) is 4. The number of aryl methyl sites for hydroxylation is 2. The Hall–Kier alpha value is -2.18. The molecular weight excluding hydrogens is 376 g/mol. The molecule has 5 rings (SSSR count). The van der Waals surface area contributed by atoms with Gasteiger partial charge in [0.15, 0.2) is 5.69 Å². The molecule has 2 fully saturated rings. The van der Waals surface area contributed by atoms with Gasteiger partial charge in [0.25, 0.3) is 5.91 Å². The molecule has 1 saturated carbocycles. The zero-order valence-electron chi connectivity index (χ0n) is 17.7. The molecule has 1 aromatic heterocycles. The van der Waals surface area contributed by atoms with Crippen molar-refractivity contribution in [3.63, 3.8) is 0 Å². The van der Waals surface area contributed by atoms with Crippen molar-refractivity contribution in [2.24, 2.45) is 0 Å². The number of fused-ring (bicyclic) bond motifs is 1. The maximum absolute atomic E-state index is 13.4. The summed E-state index contributed by atoms with van der Waals surface area (Å²) in [5.41, 5.74) is 4.35. The number of carbonyl (C=O) groups is 1. The Kier molecular flexibility index (Phi) is 5.61. The summed E-state index contributed by atoms with van der Waals surface area (Å²) in [6.45, 7) is 3.97. The molecule has 0 radical (unpaired) electrons. The second-order valence-corrected chi connectivity index (χ2v) is 9.06. The lowest BCUT2D eigenvalue weighted by Gasteiger charge is -2.40.